The van der Waals surface area contributed by atoms with Crippen molar-refractivity contribution >= 4 is 0 Å². The molecule has 0 saturated carbocycles. The molecule has 0 heterocycles. The lowest BCUT2D eigenvalue weighted by Crippen LogP contribution is -1.85. The topological polar surface area (TPSA) is 40.5 Å². The van der Waals surface area contributed by atoms with E-state index in [9.17, 15) is 0 Å². The Labute approximate surface area is 73.5 Å². The van der Waals surface area contributed by atoms with Crippen molar-refractivity contribution in [2.75, 3.05) is 13.2 Å². The van der Waals surface area contributed by atoms with Gasteiger partial charge in [-0.25, -0.2) is 0 Å². The molecule has 68 valence electrons. The van der Waals surface area contributed by atoms with E-state index in [0.717, 1.165) is 6.42 Å². The van der Waals surface area contributed by atoms with Gasteiger partial charge < -0.3 is 10.2 Å². The smallest absolute Gasteiger partial charge is 0.0662 e. The van der Waals surface area contributed by atoms with E-state index in [1.165, 1.54) is 5.56 Å². The van der Waals surface area contributed by atoms with Gasteiger partial charge >= 0.3 is 0 Å². The van der Waals surface area contributed by atoms with Crippen molar-refractivity contribution in [3.8, 4) is 0 Å². The van der Waals surface area contributed by atoms with Gasteiger partial charge in [-0.3, -0.25) is 0 Å². The Balaban J connectivity index is 0.000000261. The van der Waals surface area contributed by atoms with Crippen LogP contribution in [0.25, 0.3) is 0 Å². The molecular weight excluding hydrogens is 152 g/mol. The lowest BCUT2D eigenvalue weighted by molar-refractivity contribution is 0.186. The van der Waals surface area contributed by atoms with Crippen molar-refractivity contribution in [2.45, 2.75) is 13.3 Å². The summed E-state index contributed by atoms with van der Waals surface area (Å²) >= 11 is 0. The zero-order valence-electron chi connectivity index (χ0n) is 7.40. The molecule has 2 heteroatoms. The number of aliphatic hydroxyl groups is 2. The lowest BCUT2D eigenvalue weighted by Gasteiger charge is -1.89. The molecule has 0 amide bonds. The molecule has 1 aromatic rings. The van der Waals surface area contributed by atoms with Gasteiger partial charge in [0, 0.05) is 0 Å². The first kappa shape index (κ1) is 11.1. The molecule has 0 spiro atoms. The predicted molar refractivity (Wildman–Crippen MR) is 50.0 cm³/mol. The van der Waals surface area contributed by atoms with Crippen LogP contribution >= 0.6 is 0 Å². The summed E-state index contributed by atoms with van der Waals surface area (Å²) in [5.74, 6) is 0. The molecule has 0 bridgehead atoms. The van der Waals surface area contributed by atoms with Crippen LogP contribution in [-0.2, 0) is 6.42 Å². The number of benzene rings is 1. The van der Waals surface area contributed by atoms with E-state index in [0.29, 0.717) is 0 Å². The molecule has 1 aromatic carbocycles. The minimum Gasteiger partial charge on any atom is -0.394 e. The average Bonchev–Trinajstić information content (AvgIpc) is 2.19. The third-order valence-electron chi connectivity index (χ3n) is 1.35. The van der Waals surface area contributed by atoms with Crippen LogP contribution in [0.3, 0.4) is 0 Å². The zero-order chi connectivity index (χ0) is 9.23. The van der Waals surface area contributed by atoms with Gasteiger partial charge in [-0.15, -0.1) is 0 Å². The van der Waals surface area contributed by atoms with Crippen molar-refractivity contribution in [1.29, 1.82) is 0 Å². The Morgan fingerprint density at radius 2 is 1.50 bits per heavy atom. The summed E-state index contributed by atoms with van der Waals surface area (Å²) < 4.78 is 0. The number of hydrogen-bond donors (Lipinski definition) is 2. The van der Waals surface area contributed by atoms with E-state index in [2.05, 4.69) is 31.2 Å². The van der Waals surface area contributed by atoms with Crippen molar-refractivity contribution in [3.05, 3.63) is 35.9 Å². The van der Waals surface area contributed by atoms with Crippen molar-refractivity contribution < 1.29 is 10.2 Å². The number of aliphatic hydroxyl groups excluding tert-OH is 2. The van der Waals surface area contributed by atoms with Gasteiger partial charge in [-0.05, 0) is 12.0 Å². The Hall–Kier alpha value is -0.860. The van der Waals surface area contributed by atoms with Crippen molar-refractivity contribution in [1.82, 2.24) is 0 Å². The highest BCUT2D eigenvalue weighted by atomic mass is 16.3. The first-order valence-corrected chi connectivity index (χ1v) is 4.10. The quantitative estimate of drug-likeness (QED) is 0.697. The van der Waals surface area contributed by atoms with Crippen molar-refractivity contribution in [2.24, 2.45) is 0 Å². The molecule has 12 heavy (non-hydrogen) atoms. The monoisotopic (exact) mass is 168 g/mol. The van der Waals surface area contributed by atoms with Gasteiger partial charge in [0.05, 0.1) is 13.2 Å². The predicted octanol–water partition coefficient (Wildman–Crippen LogP) is 1.22. The molecule has 0 aliphatic heterocycles. The van der Waals surface area contributed by atoms with Gasteiger partial charge in [0.25, 0.3) is 0 Å². The van der Waals surface area contributed by atoms with Crippen LogP contribution in [0, 0.1) is 0 Å². The summed E-state index contributed by atoms with van der Waals surface area (Å²) in [7, 11) is 0. The van der Waals surface area contributed by atoms with Gasteiger partial charge in [-0.2, -0.15) is 0 Å². The van der Waals surface area contributed by atoms with Crippen LogP contribution in [0.15, 0.2) is 30.3 Å². The maximum atomic E-state index is 7.62. The van der Waals surface area contributed by atoms with Crippen molar-refractivity contribution in [3.63, 3.8) is 0 Å². The summed E-state index contributed by atoms with van der Waals surface area (Å²) in [4.78, 5) is 0. The van der Waals surface area contributed by atoms with E-state index in [4.69, 9.17) is 10.2 Å². The van der Waals surface area contributed by atoms with Crippen LogP contribution < -0.4 is 0 Å². The van der Waals surface area contributed by atoms with E-state index in [1.807, 2.05) is 6.07 Å². The maximum absolute atomic E-state index is 7.62. The highest BCUT2D eigenvalue weighted by Crippen LogP contribution is 1.96. The second kappa shape index (κ2) is 8.24. The summed E-state index contributed by atoms with van der Waals surface area (Å²) in [5, 5.41) is 15.2. The van der Waals surface area contributed by atoms with Crippen LogP contribution in [-0.4, -0.2) is 23.4 Å². The van der Waals surface area contributed by atoms with Gasteiger partial charge in [0.2, 0.25) is 0 Å². The number of aryl methyl sites for hydroxylation is 1. The SMILES string of the molecule is CCc1ccccc1.OCCO. The Morgan fingerprint density at radius 3 is 1.75 bits per heavy atom. The minimum atomic E-state index is -0.125. The molecule has 0 aliphatic carbocycles. The third kappa shape index (κ3) is 5.89. The van der Waals surface area contributed by atoms with E-state index in [1.54, 1.807) is 0 Å². The summed E-state index contributed by atoms with van der Waals surface area (Å²) in [6.07, 6.45) is 1.14. The molecule has 0 saturated heterocycles. The molecule has 0 radical (unpaired) electrons. The summed E-state index contributed by atoms with van der Waals surface area (Å²) in [5.41, 5.74) is 1.41. The Bertz CT molecular complexity index is 170. The van der Waals surface area contributed by atoms with Crippen LogP contribution in [0.2, 0.25) is 0 Å². The van der Waals surface area contributed by atoms with Crippen LogP contribution in [0.4, 0.5) is 0 Å². The van der Waals surface area contributed by atoms with Gasteiger partial charge in [-0.1, -0.05) is 37.3 Å². The normalized spacial score (nSPS) is 8.58. The second-order valence-electron chi connectivity index (χ2n) is 2.29. The summed E-state index contributed by atoms with van der Waals surface area (Å²) in [6.45, 7) is 1.91. The fourth-order valence-corrected chi connectivity index (χ4v) is 0.714. The van der Waals surface area contributed by atoms with E-state index in [-0.39, 0.29) is 13.2 Å². The van der Waals surface area contributed by atoms with Gasteiger partial charge in [0.1, 0.15) is 0 Å². The molecule has 0 atom stereocenters. The molecule has 1 rings (SSSR count). The molecule has 2 N–H and O–H groups in total. The van der Waals surface area contributed by atoms with Crippen LogP contribution in [0.1, 0.15) is 12.5 Å². The molecule has 2 nitrogen and oxygen atoms in total. The summed E-state index contributed by atoms with van der Waals surface area (Å²) in [6, 6.07) is 10.5. The fourth-order valence-electron chi connectivity index (χ4n) is 0.714. The fraction of sp³-hybridized carbons (Fsp3) is 0.400. The Kier molecular flexibility index (Phi) is 7.65. The first-order valence-electron chi connectivity index (χ1n) is 4.10. The van der Waals surface area contributed by atoms with E-state index >= 15 is 0 Å². The second-order valence-corrected chi connectivity index (χ2v) is 2.29. The molecule has 0 aromatic heterocycles. The largest absolute Gasteiger partial charge is 0.394 e. The molecule has 0 aliphatic rings. The Morgan fingerprint density at radius 1 is 1.00 bits per heavy atom. The van der Waals surface area contributed by atoms with Gasteiger partial charge in [0.15, 0.2) is 0 Å². The third-order valence-corrected chi connectivity index (χ3v) is 1.35. The average molecular weight is 168 g/mol. The molecule has 0 unspecified atom stereocenters. The van der Waals surface area contributed by atoms with E-state index < -0.39 is 0 Å². The zero-order valence-corrected chi connectivity index (χ0v) is 7.40. The minimum absolute atomic E-state index is 0.125. The highest BCUT2D eigenvalue weighted by Gasteiger charge is 1.79. The maximum Gasteiger partial charge on any atom is 0.0662 e. The standard InChI is InChI=1S/C8H10.C2H6O2/c1-2-8-6-4-3-5-7-8;3-1-2-4/h3-7H,2H2,1H3;3-4H,1-2H2. The highest BCUT2D eigenvalue weighted by molar-refractivity contribution is 5.13. The first-order chi connectivity index (χ1) is 5.85. The number of rotatable bonds is 2. The molecule has 0 fully saturated rings. The van der Waals surface area contributed by atoms with Crippen LogP contribution in [0.5, 0.6) is 0 Å². The number of hydrogen-bond acceptors (Lipinski definition) is 2. The molecular formula is C10H16O2. The lowest BCUT2D eigenvalue weighted by atomic mass is 10.2.